The number of nitrogens with one attached hydrogen (secondary N) is 2. The quantitative estimate of drug-likeness (QED) is 0.297. The van der Waals surface area contributed by atoms with Gasteiger partial charge in [-0.2, -0.15) is 0 Å². The summed E-state index contributed by atoms with van der Waals surface area (Å²) in [6, 6.07) is 13.4. The van der Waals surface area contributed by atoms with Crippen molar-refractivity contribution in [1.82, 2.24) is 25.2 Å². The molecular weight excluding hydrogens is 471 g/mol. The number of aliphatic imine (C=N–C) groups is 1. The van der Waals surface area contributed by atoms with E-state index in [4.69, 9.17) is 9.47 Å². The van der Waals surface area contributed by atoms with Crippen molar-refractivity contribution in [2.75, 3.05) is 20.7 Å². The van der Waals surface area contributed by atoms with Crippen LogP contribution in [0.25, 0.3) is 5.65 Å². The molecule has 0 saturated heterocycles. The third-order valence-corrected chi connectivity index (χ3v) is 3.98. The zero-order chi connectivity index (χ0) is 19.1. The number of rotatable bonds is 7. The SMILES string of the molecule is CN=C(NCc1nnc2ccccn12)NCC(C)Oc1ccccc1OC.I. The number of benzene rings is 1. The van der Waals surface area contributed by atoms with Crippen molar-refractivity contribution < 1.29 is 9.47 Å². The van der Waals surface area contributed by atoms with Gasteiger partial charge in [-0.05, 0) is 31.2 Å². The summed E-state index contributed by atoms with van der Waals surface area (Å²) in [5.41, 5.74) is 0.816. The number of nitrogens with zero attached hydrogens (tertiary/aromatic N) is 4. The van der Waals surface area contributed by atoms with Crippen molar-refractivity contribution in [1.29, 1.82) is 0 Å². The molecular formula is C19H25IN6O2. The third kappa shape index (κ3) is 5.47. The molecule has 2 aromatic heterocycles. The first kappa shape index (κ1) is 21.7. The van der Waals surface area contributed by atoms with Gasteiger partial charge in [0.1, 0.15) is 6.10 Å². The minimum atomic E-state index is -0.0752. The molecule has 0 bridgehead atoms. The van der Waals surface area contributed by atoms with Crippen molar-refractivity contribution in [3.05, 3.63) is 54.5 Å². The highest BCUT2D eigenvalue weighted by molar-refractivity contribution is 14.0. The summed E-state index contributed by atoms with van der Waals surface area (Å²) in [4.78, 5) is 4.24. The van der Waals surface area contributed by atoms with Crippen LogP contribution in [-0.2, 0) is 6.54 Å². The van der Waals surface area contributed by atoms with E-state index in [2.05, 4.69) is 25.8 Å². The number of methoxy groups -OCH3 is 1. The lowest BCUT2D eigenvalue weighted by molar-refractivity contribution is 0.213. The Kier molecular flexibility index (Phi) is 8.30. The molecule has 0 radical (unpaired) electrons. The molecule has 0 amide bonds. The molecule has 2 heterocycles. The lowest BCUT2D eigenvalue weighted by Gasteiger charge is -2.18. The largest absolute Gasteiger partial charge is 0.493 e. The molecule has 9 heteroatoms. The number of ether oxygens (including phenoxy) is 2. The van der Waals surface area contributed by atoms with E-state index in [1.54, 1.807) is 14.2 Å². The molecule has 1 aromatic carbocycles. The van der Waals surface area contributed by atoms with Crippen molar-refractivity contribution in [3.8, 4) is 11.5 Å². The number of halogens is 1. The van der Waals surface area contributed by atoms with Crippen LogP contribution in [0.15, 0.2) is 53.7 Å². The van der Waals surface area contributed by atoms with E-state index < -0.39 is 0 Å². The van der Waals surface area contributed by atoms with Crippen LogP contribution in [0.4, 0.5) is 0 Å². The second-order valence-electron chi connectivity index (χ2n) is 5.93. The van der Waals surface area contributed by atoms with Gasteiger partial charge in [-0.3, -0.25) is 9.39 Å². The summed E-state index contributed by atoms with van der Waals surface area (Å²) in [7, 11) is 3.36. The smallest absolute Gasteiger partial charge is 0.191 e. The van der Waals surface area contributed by atoms with Crippen molar-refractivity contribution in [3.63, 3.8) is 0 Å². The van der Waals surface area contributed by atoms with Gasteiger partial charge >= 0.3 is 0 Å². The normalized spacial score (nSPS) is 12.2. The zero-order valence-electron chi connectivity index (χ0n) is 16.1. The second kappa shape index (κ2) is 10.7. The first-order valence-electron chi connectivity index (χ1n) is 8.74. The van der Waals surface area contributed by atoms with Gasteiger partial charge in [0.25, 0.3) is 0 Å². The fourth-order valence-corrected chi connectivity index (χ4v) is 2.61. The number of hydrogen-bond acceptors (Lipinski definition) is 5. The fourth-order valence-electron chi connectivity index (χ4n) is 2.61. The van der Waals surface area contributed by atoms with Gasteiger partial charge in [0.05, 0.1) is 20.2 Å². The summed E-state index contributed by atoms with van der Waals surface area (Å²) in [5.74, 6) is 2.91. The number of aromatic nitrogens is 3. The molecule has 3 aromatic rings. The van der Waals surface area contributed by atoms with Crippen molar-refractivity contribution in [2.24, 2.45) is 4.99 Å². The second-order valence-corrected chi connectivity index (χ2v) is 5.93. The van der Waals surface area contributed by atoms with E-state index in [0.717, 1.165) is 11.5 Å². The lowest BCUT2D eigenvalue weighted by atomic mass is 10.3. The Morgan fingerprint density at radius 2 is 1.86 bits per heavy atom. The number of guanidine groups is 1. The molecule has 8 nitrogen and oxygen atoms in total. The van der Waals surface area contributed by atoms with Crippen molar-refractivity contribution >= 4 is 35.6 Å². The minimum absolute atomic E-state index is 0. The van der Waals surface area contributed by atoms with Crippen LogP contribution in [0.2, 0.25) is 0 Å². The Hall–Kier alpha value is -2.56. The lowest BCUT2D eigenvalue weighted by Crippen LogP contribution is -2.41. The number of fused-ring (bicyclic) bond motifs is 1. The van der Waals surface area contributed by atoms with E-state index in [0.29, 0.717) is 30.5 Å². The molecule has 0 aliphatic rings. The molecule has 0 saturated carbocycles. The first-order valence-corrected chi connectivity index (χ1v) is 8.74. The van der Waals surface area contributed by atoms with Crippen LogP contribution >= 0.6 is 24.0 Å². The summed E-state index contributed by atoms with van der Waals surface area (Å²) in [6.45, 7) is 3.07. The standard InChI is InChI=1S/C19H24N6O2.HI/c1-14(27-16-9-5-4-8-15(16)26-3)12-21-19(20-2)22-13-18-24-23-17-10-6-7-11-25(17)18;/h4-11,14H,12-13H2,1-3H3,(H2,20,21,22);1H. The summed E-state index contributed by atoms with van der Waals surface area (Å²) in [6.07, 6.45) is 1.86. The highest BCUT2D eigenvalue weighted by atomic mass is 127. The number of pyridine rings is 1. The molecule has 150 valence electrons. The van der Waals surface area contributed by atoms with Crippen LogP contribution < -0.4 is 20.1 Å². The maximum atomic E-state index is 5.94. The predicted octanol–water partition coefficient (Wildman–Crippen LogP) is 2.49. The van der Waals surface area contributed by atoms with Crippen LogP contribution in [-0.4, -0.2) is 47.4 Å². The van der Waals surface area contributed by atoms with Crippen LogP contribution in [0.3, 0.4) is 0 Å². The maximum Gasteiger partial charge on any atom is 0.191 e. The molecule has 1 unspecified atom stereocenters. The monoisotopic (exact) mass is 496 g/mol. The molecule has 28 heavy (non-hydrogen) atoms. The molecule has 0 fully saturated rings. The van der Waals surface area contributed by atoms with E-state index in [9.17, 15) is 0 Å². The van der Waals surface area contributed by atoms with Gasteiger partial charge in [-0.15, -0.1) is 34.2 Å². The van der Waals surface area contributed by atoms with Crippen LogP contribution in [0, 0.1) is 0 Å². The molecule has 3 rings (SSSR count). The molecule has 0 aliphatic carbocycles. The van der Waals surface area contributed by atoms with Gasteiger partial charge in [0.2, 0.25) is 0 Å². The average molecular weight is 496 g/mol. The molecule has 1 atom stereocenters. The van der Waals surface area contributed by atoms with E-state index in [1.807, 2.05) is 60.0 Å². The molecule has 2 N–H and O–H groups in total. The Bertz CT molecular complexity index is 914. The van der Waals surface area contributed by atoms with Gasteiger partial charge in [-0.1, -0.05) is 18.2 Å². The Morgan fingerprint density at radius 1 is 1.11 bits per heavy atom. The Morgan fingerprint density at radius 3 is 2.61 bits per heavy atom. The van der Waals surface area contributed by atoms with Gasteiger partial charge in [0, 0.05) is 13.2 Å². The summed E-state index contributed by atoms with van der Waals surface area (Å²) >= 11 is 0. The van der Waals surface area contributed by atoms with E-state index in [1.165, 1.54) is 0 Å². The number of para-hydroxylation sites is 2. The van der Waals surface area contributed by atoms with Gasteiger partial charge in [-0.25, -0.2) is 0 Å². The molecule has 0 spiro atoms. The first-order chi connectivity index (χ1) is 13.2. The van der Waals surface area contributed by atoms with Crippen LogP contribution in [0.1, 0.15) is 12.7 Å². The van der Waals surface area contributed by atoms with E-state index in [-0.39, 0.29) is 30.1 Å². The Labute approximate surface area is 181 Å². The average Bonchev–Trinajstić information content (AvgIpc) is 3.12. The van der Waals surface area contributed by atoms with Gasteiger partial charge in [0.15, 0.2) is 28.9 Å². The zero-order valence-corrected chi connectivity index (χ0v) is 18.5. The predicted molar refractivity (Wildman–Crippen MR) is 120 cm³/mol. The number of hydrogen-bond donors (Lipinski definition) is 2. The van der Waals surface area contributed by atoms with Crippen molar-refractivity contribution in [2.45, 2.75) is 19.6 Å². The van der Waals surface area contributed by atoms with E-state index >= 15 is 0 Å². The topological polar surface area (TPSA) is 85.1 Å². The summed E-state index contributed by atoms with van der Waals surface area (Å²) < 4.78 is 13.2. The minimum Gasteiger partial charge on any atom is -0.493 e. The van der Waals surface area contributed by atoms with Crippen LogP contribution in [0.5, 0.6) is 11.5 Å². The third-order valence-electron chi connectivity index (χ3n) is 3.98. The fraction of sp³-hybridized carbons (Fsp3) is 0.316. The highest BCUT2D eigenvalue weighted by Crippen LogP contribution is 2.26. The summed E-state index contributed by atoms with van der Waals surface area (Å²) in [5, 5.41) is 14.8. The Balaban J connectivity index is 0.00000280. The molecule has 0 aliphatic heterocycles. The van der Waals surface area contributed by atoms with Gasteiger partial charge < -0.3 is 20.1 Å². The highest BCUT2D eigenvalue weighted by Gasteiger charge is 2.10. The maximum absolute atomic E-state index is 5.94.